The van der Waals surface area contributed by atoms with E-state index in [0.717, 1.165) is 50.2 Å². The van der Waals surface area contributed by atoms with E-state index in [-0.39, 0.29) is 0 Å². The van der Waals surface area contributed by atoms with E-state index >= 15 is 0 Å². The summed E-state index contributed by atoms with van der Waals surface area (Å²) in [5.74, 6) is 0.807. The van der Waals surface area contributed by atoms with Crippen LogP contribution >= 0.6 is 0 Å². The zero-order chi connectivity index (χ0) is 16.5. The number of hydrogen-bond donors (Lipinski definition) is 1. The van der Waals surface area contributed by atoms with Crippen LogP contribution in [-0.4, -0.2) is 34.1 Å². The van der Waals surface area contributed by atoms with Crippen LogP contribution < -0.4 is 4.90 Å². The van der Waals surface area contributed by atoms with Crippen molar-refractivity contribution in [3.05, 3.63) is 53.0 Å². The molecule has 1 fully saturated rings. The number of aryl methyl sites for hydroxylation is 1. The third-order valence-corrected chi connectivity index (χ3v) is 5.14. The Kier molecular flexibility index (Phi) is 3.92. The van der Waals surface area contributed by atoms with Crippen molar-refractivity contribution in [1.82, 2.24) is 9.97 Å². The second-order valence-electron chi connectivity index (χ2n) is 6.79. The molecule has 124 valence electrons. The van der Waals surface area contributed by atoms with Crippen molar-refractivity contribution in [3.63, 3.8) is 0 Å². The summed E-state index contributed by atoms with van der Waals surface area (Å²) in [6.45, 7) is 2.01. The van der Waals surface area contributed by atoms with Crippen LogP contribution in [-0.2, 0) is 19.3 Å². The van der Waals surface area contributed by atoms with Crippen LogP contribution in [0, 0.1) is 5.92 Å². The minimum absolute atomic E-state index is 0.371. The van der Waals surface area contributed by atoms with Crippen molar-refractivity contribution in [1.29, 1.82) is 0 Å². The lowest BCUT2D eigenvalue weighted by atomic mass is 9.97. The monoisotopic (exact) mass is 323 g/mol. The first kappa shape index (κ1) is 15.1. The number of carboxylic acids is 1. The maximum atomic E-state index is 11.1. The summed E-state index contributed by atoms with van der Waals surface area (Å²) in [5.41, 5.74) is 4.04. The molecule has 0 radical (unpaired) electrons. The summed E-state index contributed by atoms with van der Waals surface area (Å²) in [6.07, 6.45) is 7.09. The number of hydrogen-bond acceptors (Lipinski definition) is 4. The van der Waals surface area contributed by atoms with Crippen molar-refractivity contribution in [2.24, 2.45) is 5.92 Å². The maximum Gasteiger partial charge on any atom is 0.335 e. The first-order valence-electron chi connectivity index (χ1n) is 8.60. The quantitative estimate of drug-likeness (QED) is 0.937. The molecule has 1 aliphatic heterocycles. The van der Waals surface area contributed by atoms with Crippen molar-refractivity contribution in [2.75, 3.05) is 18.0 Å². The van der Waals surface area contributed by atoms with Crippen molar-refractivity contribution in [2.45, 2.75) is 32.1 Å². The van der Waals surface area contributed by atoms with Crippen LogP contribution in [0.2, 0.25) is 0 Å². The van der Waals surface area contributed by atoms with Gasteiger partial charge < -0.3 is 10.0 Å². The van der Waals surface area contributed by atoms with Crippen LogP contribution in [0.1, 0.15) is 40.0 Å². The minimum Gasteiger partial charge on any atom is -0.478 e. The molecular formula is C19H21N3O2. The molecule has 1 aromatic carbocycles. The normalized spacial score (nSPS) is 19.5. The molecule has 1 atom stereocenters. The molecule has 0 bridgehead atoms. The Morgan fingerprint density at radius 1 is 1.29 bits per heavy atom. The molecule has 1 unspecified atom stereocenters. The van der Waals surface area contributed by atoms with Gasteiger partial charge in [0.25, 0.3) is 0 Å². The number of nitrogens with zero attached hydrogens (tertiary/aromatic N) is 3. The van der Waals surface area contributed by atoms with Crippen molar-refractivity contribution < 1.29 is 9.90 Å². The lowest BCUT2D eigenvalue weighted by molar-refractivity contribution is 0.0696. The first-order chi connectivity index (χ1) is 11.7. The van der Waals surface area contributed by atoms with Gasteiger partial charge in [0.15, 0.2) is 0 Å². The molecule has 1 aliphatic carbocycles. The maximum absolute atomic E-state index is 11.1. The van der Waals surface area contributed by atoms with Crippen LogP contribution in [0.15, 0.2) is 30.6 Å². The van der Waals surface area contributed by atoms with Gasteiger partial charge in [-0.05, 0) is 55.7 Å². The van der Waals surface area contributed by atoms with Gasteiger partial charge in [-0.2, -0.15) is 0 Å². The Bertz CT molecular complexity index is 775. The molecule has 5 heteroatoms. The Labute approximate surface area is 141 Å². The lowest BCUT2D eigenvalue weighted by Gasteiger charge is -2.20. The van der Waals surface area contributed by atoms with Gasteiger partial charge >= 0.3 is 5.97 Å². The van der Waals surface area contributed by atoms with Gasteiger partial charge in [-0.3, -0.25) is 0 Å². The second kappa shape index (κ2) is 6.23. The number of aromatic carboxylic acids is 1. The predicted octanol–water partition coefficient (Wildman–Crippen LogP) is 2.73. The number of fused-ring (bicyclic) bond motifs is 1. The van der Waals surface area contributed by atoms with Crippen LogP contribution in [0.3, 0.4) is 0 Å². The van der Waals surface area contributed by atoms with E-state index in [0.29, 0.717) is 11.5 Å². The van der Waals surface area contributed by atoms with E-state index in [1.54, 1.807) is 18.5 Å². The molecule has 0 saturated carbocycles. The van der Waals surface area contributed by atoms with Crippen LogP contribution in [0.25, 0.3) is 0 Å². The van der Waals surface area contributed by atoms with Gasteiger partial charge in [0.1, 0.15) is 12.1 Å². The predicted molar refractivity (Wildman–Crippen MR) is 91.5 cm³/mol. The summed E-state index contributed by atoms with van der Waals surface area (Å²) >= 11 is 0. The average Bonchev–Trinajstić information content (AvgIpc) is 3.23. The number of benzene rings is 1. The van der Waals surface area contributed by atoms with Crippen molar-refractivity contribution >= 4 is 11.8 Å². The second-order valence-corrected chi connectivity index (χ2v) is 6.79. The van der Waals surface area contributed by atoms with E-state index < -0.39 is 5.97 Å². The van der Waals surface area contributed by atoms with Crippen molar-refractivity contribution in [3.8, 4) is 0 Å². The molecule has 1 saturated heterocycles. The van der Waals surface area contributed by atoms with Crippen LogP contribution in [0.5, 0.6) is 0 Å². The van der Waals surface area contributed by atoms with Gasteiger partial charge in [0.05, 0.1) is 5.56 Å². The topological polar surface area (TPSA) is 66.3 Å². The molecular weight excluding hydrogens is 302 g/mol. The number of anilines is 1. The van der Waals surface area contributed by atoms with E-state index in [1.807, 2.05) is 12.1 Å². The summed E-state index contributed by atoms with van der Waals surface area (Å²) in [4.78, 5) is 22.5. The molecule has 1 N–H and O–H groups in total. The van der Waals surface area contributed by atoms with E-state index in [9.17, 15) is 4.79 Å². The molecule has 2 heterocycles. The standard InChI is InChI=1S/C19H21N3O2/c23-19(24)15-4-1-3-13(10-15)9-14-7-8-22(11-14)18-16-5-2-6-17(16)20-12-21-18/h1,3-4,10,12,14H,2,5-9,11H2,(H,23,24). The minimum atomic E-state index is -0.860. The highest BCUT2D eigenvalue weighted by Crippen LogP contribution is 2.32. The number of rotatable bonds is 4. The van der Waals surface area contributed by atoms with E-state index in [2.05, 4.69) is 14.9 Å². The molecule has 5 nitrogen and oxygen atoms in total. The van der Waals surface area contributed by atoms with E-state index in [1.165, 1.54) is 17.7 Å². The van der Waals surface area contributed by atoms with Gasteiger partial charge in [0.2, 0.25) is 0 Å². The highest BCUT2D eigenvalue weighted by atomic mass is 16.4. The fourth-order valence-electron chi connectivity index (χ4n) is 3.97. The van der Waals surface area contributed by atoms with Gasteiger partial charge in [-0.15, -0.1) is 0 Å². The third kappa shape index (κ3) is 2.86. The number of aromatic nitrogens is 2. The summed E-state index contributed by atoms with van der Waals surface area (Å²) in [6, 6.07) is 7.31. The Morgan fingerprint density at radius 3 is 3.08 bits per heavy atom. The fourth-order valence-corrected chi connectivity index (χ4v) is 3.97. The van der Waals surface area contributed by atoms with E-state index in [4.69, 9.17) is 5.11 Å². The number of carbonyl (C=O) groups is 1. The lowest BCUT2D eigenvalue weighted by Crippen LogP contribution is -2.23. The highest BCUT2D eigenvalue weighted by Gasteiger charge is 2.27. The summed E-state index contributed by atoms with van der Waals surface area (Å²) in [5, 5.41) is 9.13. The Hall–Kier alpha value is -2.43. The third-order valence-electron chi connectivity index (χ3n) is 5.14. The zero-order valence-electron chi connectivity index (χ0n) is 13.6. The largest absolute Gasteiger partial charge is 0.478 e. The van der Waals surface area contributed by atoms with Gasteiger partial charge in [-0.1, -0.05) is 12.1 Å². The molecule has 1 aromatic heterocycles. The first-order valence-corrected chi connectivity index (χ1v) is 8.60. The molecule has 0 spiro atoms. The summed E-state index contributed by atoms with van der Waals surface area (Å²) in [7, 11) is 0. The Morgan fingerprint density at radius 2 is 2.21 bits per heavy atom. The van der Waals surface area contributed by atoms with Gasteiger partial charge in [-0.25, -0.2) is 14.8 Å². The molecule has 4 rings (SSSR count). The molecule has 24 heavy (non-hydrogen) atoms. The SMILES string of the molecule is O=C(O)c1cccc(CC2CCN(c3ncnc4c3CCC4)C2)c1. The fraction of sp³-hybridized carbons (Fsp3) is 0.421. The number of carboxylic acid groups (broad SMARTS) is 1. The molecule has 2 aromatic rings. The Balaban J connectivity index is 1.47. The molecule has 2 aliphatic rings. The van der Waals surface area contributed by atoms with Crippen LogP contribution in [0.4, 0.5) is 5.82 Å². The zero-order valence-corrected chi connectivity index (χ0v) is 13.6. The molecule has 0 amide bonds. The summed E-state index contributed by atoms with van der Waals surface area (Å²) < 4.78 is 0. The van der Waals surface area contributed by atoms with Gasteiger partial charge in [0, 0.05) is 24.3 Å². The smallest absolute Gasteiger partial charge is 0.335 e. The highest BCUT2D eigenvalue weighted by molar-refractivity contribution is 5.87. The average molecular weight is 323 g/mol.